The van der Waals surface area contributed by atoms with Crippen LogP contribution in [0.2, 0.25) is 0 Å². The van der Waals surface area contributed by atoms with Crippen molar-refractivity contribution in [2.24, 2.45) is 7.05 Å². The molecule has 2 aliphatic heterocycles. The van der Waals surface area contributed by atoms with E-state index < -0.39 is 0 Å². The number of piperazine rings is 2. The number of amides is 1. The van der Waals surface area contributed by atoms with Gasteiger partial charge in [0.1, 0.15) is 11.6 Å². The van der Waals surface area contributed by atoms with E-state index >= 15 is 0 Å². The van der Waals surface area contributed by atoms with Crippen LogP contribution in [0.25, 0.3) is 0 Å². The molecule has 1 amide bonds. The fraction of sp³-hybridized carbons (Fsp3) is 0.550. The number of hydrogen-bond acceptors (Lipinski definition) is 6. The van der Waals surface area contributed by atoms with Gasteiger partial charge in [0, 0.05) is 84.4 Å². The molecule has 0 bridgehead atoms. The molecule has 0 aromatic carbocycles. The number of aryl methyl sites for hydroxylation is 1. The van der Waals surface area contributed by atoms with Crippen LogP contribution in [0.15, 0.2) is 36.8 Å². The van der Waals surface area contributed by atoms with Gasteiger partial charge >= 0.3 is 0 Å². The van der Waals surface area contributed by atoms with Crippen LogP contribution in [0.4, 0.5) is 5.82 Å². The van der Waals surface area contributed by atoms with Gasteiger partial charge in [-0.2, -0.15) is 0 Å². The predicted molar refractivity (Wildman–Crippen MR) is 108 cm³/mol. The zero-order valence-corrected chi connectivity index (χ0v) is 16.5. The van der Waals surface area contributed by atoms with Gasteiger partial charge in [0.2, 0.25) is 5.91 Å². The van der Waals surface area contributed by atoms with E-state index in [4.69, 9.17) is 0 Å². The van der Waals surface area contributed by atoms with Crippen molar-refractivity contribution < 1.29 is 4.79 Å². The second-order valence-corrected chi connectivity index (χ2v) is 7.46. The lowest BCUT2D eigenvalue weighted by molar-refractivity contribution is -0.132. The molecule has 2 aliphatic rings. The summed E-state index contributed by atoms with van der Waals surface area (Å²) in [5.74, 6) is 2.30. The van der Waals surface area contributed by atoms with E-state index in [0.29, 0.717) is 6.42 Å². The minimum absolute atomic E-state index is 0.225. The summed E-state index contributed by atoms with van der Waals surface area (Å²) < 4.78 is 2.07. The number of anilines is 1. The minimum atomic E-state index is 0.225. The molecule has 8 nitrogen and oxygen atoms in total. The Morgan fingerprint density at radius 2 is 2.00 bits per heavy atom. The first-order valence-corrected chi connectivity index (χ1v) is 10.1. The molecule has 0 spiro atoms. The Labute approximate surface area is 166 Å². The molecule has 4 heterocycles. The molecular formula is C20H29N7O. The van der Waals surface area contributed by atoms with Crippen LogP contribution in [-0.4, -0.2) is 82.6 Å². The van der Waals surface area contributed by atoms with Crippen molar-refractivity contribution in [1.29, 1.82) is 0 Å². The highest BCUT2D eigenvalue weighted by Crippen LogP contribution is 2.21. The maximum atomic E-state index is 12.8. The maximum Gasteiger partial charge on any atom is 0.223 e. The number of rotatable bonds is 5. The summed E-state index contributed by atoms with van der Waals surface area (Å²) in [6.45, 7) is 6.76. The first kappa shape index (κ1) is 18.9. The molecule has 0 radical (unpaired) electrons. The molecule has 1 unspecified atom stereocenters. The normalized spacial score (nSPS) is 21.1. The third kappa shape index (κ3) is 4.18. The molecule has 0 aliphatic carbocycles. The Balaban J connectivity index is 1.29. The maximum absolute atomic E-state index is 12.8. The molecule has 1 N–H and O–H groups in total. The van der Waals surface area contributed by atoms with Gasteiger partial charge in [-0.25, -0.2) is 9.97 Å². The average Bonchev–Trinajstić information content (AvgIpc) is 3.18. The number of nitrogens with one attached hydrogen (secondary N) is 1. The minimum Gasteiger partial charge on any atom is -0.353 e. The number of carbonyl (C=O) groups excluding carboxylic acids is 1. The van der Waals surface area contributed by atoms with Crippen molar-refractivity contribution in [3.8, 4) is 0 Å². The number of pyridine rings is 1. The summed E-state index contributed by atoms with van der Waals surface area (Å²) in [4.78, 5) is 28.3. The molecule has 2 fully saturated rings. The molecule has 1 atom stereocenters. The Hall–Kier alpha value is -2.45. The van der Waals surface area contributed by atoms with Crippen molar-refractivity contribution in [2.45, 2.75) is 12.5 Å². The lowest BCUT2D eigenvalue weighted by atomic mass is 10.1. The third-order valence-electron chi connectivity index (χ3n) is 5.73. The monoisotopic (exact) mass is 383 g/mol. The van der Waals surface area contributed by atoms with Gasteiger partial charge in [-0.1, -0.05) is 6.07 Å². The first-order chi connectivity index (χ1) is 13.7. The van der Waals surface area contributed by atoms with Crippen molar-refractivity contribution in [3.05, 3.63) is 42.6 Å². The molecular weight excluding hydrogens is 354 g/mol. The number of hydrogen-bond donors (Lipinski definition) is 1. The molecule has 4 rings (SSSR count). The van der Waals surface area contributed by atoms with Crippen LogP contribution >= 0.6 is 0 Å². The SMILES string of the molecule is Cn1ccnc1C1CNCCN1CCC(=O)N1CCN(c2ccccn2)CC1. The lowest BCUT2D eigenvalue weighted by Gasteiger charge is -2.37. The van der Waals surface area contributed by atoms with Crippen molar-refractivity contribution >= 4 is 11.7 Å². The second kappa shape index (κ2) is 8.70. The van der Waals surface area contributed by atoms with E-state index in [1.54, 1.807) is 0 Å². The largest absolute Gasteiger partial charge is 0.353 e. The predicted octanol–water partition coefficient (Wildman–Crippen LogP) is 0.500. The number of aromatic nitrogens is 3. The molecule has 0 saturated carbocycles. The Bertz CT molecular complexity index is 770. The van der Waals surface area contributed by atoms with Crippen molar-refractivity contribution in [3.63, 3.8) is 0 Å². The quantitative estimate of drug-likeness (QED) is 0.811. The van der Waals surface area contributed by atoms with Crippen LogP contribution < -0.4 is 10.2 Å². The van der Waals surface area contributed by atoms with E-state index in [1.165, 1.54) is 0 Å². The van der Waals surface area contributed by atoms with E-state index in [0.717, 1.165) is 64.0 Å². The summed E-state index contributed by atoms with van der Waals surface area (Å²) >= 11 is 0. The zero-order valence-electron chi connectivity index (χ0n) is 16.5. The molecule has 2 saturated heterocycles. The van der Waals surface area contributed by atoms with Crippen molar-refractivity contribution in [1.82, 2.24) is 29.7 Å². The zero-order chi connectivity index (χ0) is 19.3. The summed E-state index contributed by atoms with van der Waals surface area (Å²) in [5.41, 5.74) is 0. The highest BCUT2D eigenvalue weighted by Gasteiger charge is 2.28. The highest BCUT2D eigenvalue weighted by atomic mass is 16.2. The Morgan fingerprint density at radius 1 is 1.14 bits per heavy atom. The van der Waals surface area contributed by atoms with Gasteiger partial charge in [-0.15, -0.1) is 0 Å². The number of carbonyl (C=O) groups is 1. The van der Waals surface area contributed by atoms with Crippen LogP contribution in [0.1, 0.15) is 18.3 Å². The van der Waals surface area contributed by atoms with Crippen LogP contribution in [-0.2, 0) is 11.8 Å². The standard InChI is InChI=1S/C20H29N7O/c1-24-10-8-23-20(24)17-16-21-7-11-25(17)9-5-19(28)27-14-12-26(13-15-27)18-4-2-3-6-22-18/h2-4,6,8,10,17,21H,5,7,9,11-16H2,1H3. The summed E-state index contributed by atoms with van der Waals surface area (Å²) in [6.07, 6.45) is 6.20. The summed E-state index contributed by atoms with van der Waals surface area (Å²) in [7, 11) is 2.03. The summed E-state index contributed by atoms with van der Waals surface area (Å²) in [6, 6.07) is 6.19. The van der Waals surface area contributed by atoms with Crippen LogP contribution in [0, 0.1) is 0 Å². The lowest BCUT2D eigenvalue weighted by Crippen LogP contribution is -2.51. The third-order valence-corrected chi connectivity index (χ3v) is 5.73. The van der Waals surface area contributed by atoms with Gasteiger partial charge in [0.15, 0.2) is 0 Å². The van der Waals surface area contributed by atoms with Gasteiger partial charge in [-0.3, -0.25) is 9.69 Å². The molecule has 28 heavy (non-hydrogen) atoms. The van der Waals surface area contributed by atoms with Gasteiger partial charge < -0.3 is 19.7 Å². The fourth-order valence-electron chi connectivity index (χ4n) is 4.09. The number of imidazole rings is 1. The summed E-state index contributed by atoms with van der Waals surface area (Å²) in [5, 5.41) is 3.45. The average molecular weight is 384 g/mol. The highest BCUT2D eigenvalue weighted by molar-refractivity contribution is 5.76. The van der Waals surface area contributed by atoms with E-state index in [9.17, 15) is 4.79 Å². The molecule has 8 heteroatoms. The van der Waals surface area contributed by atoms with Crippen molar-refractivity contribution in [2.75, 3.05) is 57.3 Å². The van der Waals surface area contributed by atoms with Gasteiger partial charge in [0.25, 0.3) is 0 Å². The topological polar surface area (TPSA) is 69.5 Å². The van der Waals surface area contributed by atoms with Gasteiger partial charge in [-0.05, 0) is 12.1 Å². The van der Waals surface area contributed by atoms with Crippen LogP contribution in [0.5, 0.6) is 0 Å². The van der Waals surface area contributed by atoms with Gasteiger partial charge in [0.05, 0.1) is 6.04 Å². The van der Waals surface area contributed by atoms with E-state index in [2.05, 4.69) is 29.7 Å². The van der Waals surface area contributed by atoms with E-state index in [1.807, 2.05) is 48.7 Å². The molecule has 2 aromatic heterocycles. The van der Waals surface area contributed by atoms with Crippen LogP contribution in [0.3, 0.4) is 0 Å². The second-order valence-electron chi connectivity index (χ2n) is 7.46. The molecule has 2 aromatic rings. The van der Waals surface area contributed by atoms with E-state index in [-0.39, 0.29) is 11.9 Å². The number of nitrogens with zero attached hydrogens (tertiary/aromatic N) is 6. The molecule has 150 valence electrons. The fourth-order valence-corrected chi connectivity index (χ4v) is 4.09. The first-order valence-electron chi connectivity index (χ1n) is 10.1. The smallest absolute Gasteiger partial charge is 0.223 e. The Kier molecular flexibility index (Phi) is 5.87. The Morgan fingerprint density at radius 3 is 2.71 bits per heavy atom.